The van der Waals surface area contributed by atoms with Gasteiger partial charge < -0.3 is 0 Å². The molecule has 0 saturated carbocycles. The van der Waals surface area contributed by atoms with E-state index in [1.165, 1.54) is 0 Å². The van der Waals surface area contributed by atoms with Gasteiger partial charge in [0.2, 0.25) is 0 Å². The third kappa shape index (κ3) is 1.58. The van der Waals surface area contributed by atoms with Crippen LogP contribution in [0.1, 0.15) is 0 Å². The van der Waals surface area contributed by atoms with Gasteiger partial charge in [-0.25, -0.2) is 0 Å². The van der Waals surface area contributed by atoms with Crippen molar-refractivity contribution < 1.29 is 25.9 Å². The van der Waals surface area contributed by atoms with E-state index in [0.29, 0.717) is 0 Å². The zero-order valence-corrected chi connectivity index (χ0v) is 9.55. The molecule has 66 valence electrons. The maximum absolute atomic E-state index is 12.0. The fraction of sp³-hybridized carbons (Fsp3) is 0.200. The summed E-state index contributed by atoms with van der Waals surface area (Å²) in [4.78, 5) is 0. The van der Waals surface area contributed by atoms with Gasteiger partial charge in [-0.05, 0) is 0 Å². The van der Waals surface area contributed by atoms with E-state index in [2.05, 4.69) is 0 Å². The quantitative estimate of drug-likeness (QED) is 0.758. The molecule has 0 saturated heterocycles. The molecule has 0 N–H and O–H groups in total. The third-order valence-corrected chi connectivity index (χ3v) is 8.89. The second kappa shape index (κ2) is 3.30. The fourth-order valence-electron chi connectivity index (χ4n) is 1.62. The Morgan fingerprint density at radius 1 is 0.692 bits per heavy atom. The SMILES string of the molecule is [O]=[Zr](=[O])([CH]1C=CC=C1)[CH]1C=CC=C1. The molecule has 2 rings (SSSR count). The van der Waals surface area contributed by atoms with Gasteiger partial charge in [0.05, 0.1) is 0 Å². The minimum absolute atomic E-state index is 0.313. The van der Waals surface area contributed by atoms with E-state index in [1.807, 2.05) is 0 Å². The van der Waals surface area contributed by atoms with Crippen molar-refractivity contribution in [1.82, 2.24) is 0 Å². The van der Waals surface area contributed by atoms with E-state index in [4.69, 9.17) is 0 Å². The van der Waals surface area contributed by atoms with Gasteiger partial charge in [-0.3, -0.25) is 0 Å². The molecule has 0 bridgehead atoms. The Bertz CT molecular complexity index is 352. The summed E-state index contributed by atoms with van der Waals surface area (Å²) in [5.74, 6) is 0. The Labute approximate surface area is 81.6 Å². The van der Waals surface area contributed by atoms with E-state index in [1.54, 1.807) is 48.6 Å². The van der Waals surface area contributed by atoms with Crippen molar-refractivity contribution in [3.8, 4) is 0 Å². The summed E-state index contributed by atoms with van der Waals surface area (Å²) in [5, 5.41) is 0. The van der Waals surface area contributed by atoms with Crippen molar-refractivity contribution in [2.75, 3.05) is 0 Å². The summed E-state index contributed by atoms with van der Waals surface area (Å²) in [6.45, 7) is 0. The van der Waals surface area contributed by atoms with E-state index in [9.17, 15) is 5.63 Å². The zero-order valence-electron chi connectivity index (χ0n) is 7.09. The van der Waals surface area contributed by atoms with E-state index in [0.717, 1.165) is 0 Å². The summed E-state index contributed by atoms with van der Waals surface area (Å²) >= 11 is -4.45. The first-order chi connectivity index (χ1) is 6.21. The molecule has 2 aliphatic rings. The molecule has 0 spiro atoms. The molecule has 0 aromatic rings. The minimum atomic E-state index is -4.45. The van der Waals surface area contributed by atoms with Crippen molar-refractivity contribution in [2.45, 2.75) is 7.25 Å². The molecule has 2 aliphatic carbocycles. The van der Waals surface area contributed by atoms with Gasteiger partial charge in [0, 0.05) is 0 Å². The first-order valence-electron chi connectivity index (χ1n) is 4.32. The maximum atomic E-state index is 12.0. The summed E-state index contributed by atoms with van der Waals surface area (Å²) in [6, 6.07) is 0. The predicted molar refractivity (Wildman–Crippen MR) is 45.4 cm³/mol. The van der Waals surface area contributed by atoms with Crippen LogP contribution in [0.4, 0.5) is 0 Å². The molecule has 2 nitrogen and oxygen atoms in total. The van der Waals surface area contributed by atoms with Crippen LogP contribution in [0, 0.1) is 0 Å². The topological polar surface area (TPSA) is 34.1 Å². The molecule has 0 heterocycles. The molecule has 0 atom stereocenters. The Kier molecular flexibility index (Phi) is 2.29. The van der Waals surface area contributed by atoms with Gasteiger partial charge >= 0.3 is 81.8 Å². The molecule has 0 fully saturated rings. The van der Waals surface area contributed by atoms with E-state index in [-0.39, 0.29) is 7.25 Å². The van der Waals surface area contributed by atoms with Gasteiger partial charge in [0.25, 0.3) is 0 Å². The van der Waals surface area contributed by atoms with E-state index < -0.39 is 20.3 Å². The molecular formula is C10H10O2Zr. The van der Waals surface area contributed by atoms with Crippen molar-refractivity contribution in [3.05, 3.63) is 48.6 Å². The summed E-state index contributed by atoms with van der Waals surface area (Å²) in [6.07, 6.45) is 14.2. The molecule has 0 radical (unpaired) electrons. The van der Waals surface area contributed by atoms with Crippen LogP contribution < -0.4 is 0 Å². The average molecular weight is 253 g/mol. The van der Waals surface area contributed by atoms with Crippen LogP contribution in [0.15, 0.2) is 48.6 Å². The third-order valence-electron chi connectivity index (χ3n) is 2.43. The second-order valence-corrected chi connectivity index (χ2v) is 10.1. The Morgan fingerprint density at radius 3 is 1.31 bits per heavy atom. The van der Waals surface area contributed by atoms with Crippen molar-refractivity contribution in [1.29, 1.82) is 0 Å². The number of allylic oxidation sites excluding steroid dienone is 8. The Hall–Kier alpha value is -0.557. The van der Waals surface area contributed by atoms with Gasteiger partial charge in [0.1, 0.15) is 0 Å². The second-order valence-electron chi connectivity index (χ2n) is 3.31. The van der Waals surface area contributed by atoms with Crippen molar-refractivity contribution >= 4 is 0 Å². The van der Waals surface area contributed by atoms with Crippen LogP contribution in [0.2, 0.25) is 7.25 Å². The average Bonchev–Trinajstić information content (AvgIpc) is 2.78. The molecule has 0 aliphatic heterocycles. The normalized spacial score (nSPS) is 20.9. The van der Waals surface area contributed by atoms with Crippen LogP contribution >= 0.6 is 0 Å². The Balaban J connectivity index is 2.30. The monoisotopic (exact) mass is 252 g/mol. The van der Waals surface area contributed by atoms with Gasteiger partial charge in [-0.2, -0.15) is 0 Å². The van der Waals surface area contributed by atoms with Crippen LogP contribution in [-0.4, -0.2) is 0 Å². The van der Waals surface area contributed by atoms with E-state index >= 15 is 0 Å². The fourth-order valence-corrected chi connectivity index (χ4v) is 6.44. The van der Waals surface area contributed by atoms with Crippen LogP contribution in [-0.2, 0) is 25.9 Å². The summed E-state index contributed by atoms with van der Waals surface area (Å²) < 4.78 is 23.3. The van der Waals surface area contributed by atoms with Gasteiger partial charge in [-0.15, -0.1) is 0 Å². The molecule has 3 heteroatoms. The van der Waals surface area contributed by atoms with Crippen LogP contribution in [0.25, 0.3) is 0 Å². The standard InChI is InChI=1S/2C5H5.2O.Zr/c2*1-2-4-5-3-1;;;/h2*1-5H;;;. The Morgan fingerprint density at radius 2 is 1.00 bits per heavy atom. The van der Waals surface area contributed by atoms with Crippen molar-refractivity contribution in [2.24, 2.45) is 0 Å². The summed E-state index contributed by atoms with van der Waals surface area (Å²) in [7, 11) is 0. The van der Waals surface area contributed by atoms with Gasteiger partial charge in [0.15, 0.2) is 0 Å². The van der Waals surface area contributed by atoms with Crippen LogP contribution in [0.5, 0.6) is 0 Å². The summed E-state index contributed by atoms with van der Waals surface area (Å²) in [5.41, 5.74) is 0. The van der Waals surface area contributed by atoms with Gasteiger partial charge in [-0.1, -0.05) is 0 Å². The molecule has 13 heavy (non-hydrogen) atoms. The van der Waals surface area contributed by atoms with Crippen LogP contribution in [0.3, 0.4) is 0 Å². The first-order valence-corrected chi connectivity index (χ1v) is 9.16. The molecule has 0 aromatic heterocycles. The zero-order chi connectivity index (χ0) is 9.31. The molecule has 0 aromatic carbocycles. The van der Waals surface area contributed by atoms with Crippen molar-refractivity contribution in [3.63, 3.8) is 0 Å². The number of hydrogen-bond acceptors (Lipinski definition) is 2. The number of hydrogen-bond donors (Lipinski definition) is 0. The predicted octanol–water partition coefficient (Wildman–Crippen LogP) is 2.66. The molecule has 0 amide bonds. The molecule has 0 unspecified atom stereocenters. The molecular weight excluding hydrogens is 243 g/mol. The number of rotatable bonds is 2. The first kappa shape index (κ1) is 9.02.